The van der Waals surface area contributed by atoms with E-state index in [2.05, 4.69) is 27.1 Å². The van der Waals surface area contributed by atoms with Gasteiger partial charge < -0.3 is 5.32 Å². The SMILES string of the molecule is Cc1nc(C#Cc2ccc(F)c(C(=O)Nc3ccc(Cl)nc3)c2)cs1. The van der Waals surface area contributed by atoms with Gasteiger partial charge in [0.2, 0.25) is 0 Å². The Morgan fingerprint density at radius 2 is 2.12 bits per heavy atom. The normalized spacial score (nSPS) is 10.0. The molecule has 0 unspecified atom stereocenters. The summed E-state index contributed by atoms with van der Waals surface area (Å²) in [6, 6.07) is 7.25. The van der Waals surface area contributed by atoms with Crippen molar-refractivity contribution in [1.82, 2.24) is 9.97 Å². The van der Waals surface area contributed by atoms with E-state index < -0.39 is 11.7 Å². The number of aromatic nitrogens is 2. The van der Waals surface area contributed by atoms with Gasteiger partial charge in [0.05, 0.1) is 22.5 Å². The second-order valence-electron chi connectivity index (χ2n) is 5.02. The van der Waals surface area contributed by atoms with Crippen LogP contribution in [0.1, 0.15) is 26.6 Å². The van der Waals surface area contributed by atoms with Crippen molar-refractivity contribution in [3.8, 4) is 11.8 Å². The Balaban J connectivity index is 1.82. The van der Waals surface area contributed by atoms with Gasteiger partial charge in [-0.05, 0) is 43.2 Å². The lowest BCUT2D eigenvalue weighted by molar-refractivity contribution is 0.102. The zero-order valence-corrected chi connectivity index (χ0v) is 14.6. The van der Waals surface area contributed by atoms with E-state index in [0.717, 1.165) is 5.01 Å². The van der Waals surface area contributed by atoms with Crippen molar-refractivity contribution in [2.75, 3.05) is 5.32 Å². The van der Waals surface area contributed by atoms with Gasteiger partial charge in [-0.1, -0.05) is 17.5 Å². The van der Waals surface area contributed by atoms with E-state index in [1.54, 1.807) is 6.07 Å². The Bertz CT molecular complexity index is 990. The van der Waals surface area contributed by atoms with Crippen molar-refractivity contribution < 1.29 is 9.18 Å². The van der Waals surface area contributed by atoms with Crippen LogP contribution >= 0.6 is 22.9 Å². The van der Waals surface area contributed by atoms with Crippen LogP contribution in [0.3, 0.4) is 0 Å². The first kappa shape index (κ1) is 17.1. The van der Waals surface area contributed by atoms with Crippen molar-refractivity contribution in [1.29, 1.82) is 0 Å². The van der Waals surface area contributed by atoms with E-state index in [1.165, 1.54) is 41.8 Å². The molecule has 0 saturated carbocycles. The molecule has 1 amide bonds. The van der Waals surface area contributed by atoms with Gasteiger partial charge in [-0.15, -0.1) is 11.3 Å². The number of hydrogen-bond acceptors (Lipinski definition) is 4. The summed E-state index contributed by atoms with van der Waals surface area (Å²) in [5.74, 6) is 4.56. The maximum atomic E-state index is 14.0. The minimum atomic E-state index is -0.630. The van der Waals surface area contributed by atoms with Crippen LogP contribution in [0.2, 0.25) is 5.15 Å². The molecule has 0 radical (unpaired) electrons. The number of pyridine rings is 1. The molecule has 1 N–H and O–H groups in total. The lowest BCUT2D eigenvalue weighted by Gasteiger charge is -2.06. The minimum Gasteiger partial charge on any atom is -0.320 e. The molecule has 1 aromatic carbocycles. The molecule has 0 spiro atoms. The number of nitrogens with zero attached hydrogens (tertiary/aromatic N) is 2. The zero-order chi connectivity index (χ0) is 17.8. The molecule has 2 aromatic heterocycles. The molecule has 4 nitrogen and oxygen atoms in total. The van der Waals surface area contributed by atoms with E-state index in [9.17, 15) is 9.18 Å². The van der Waals surface area contributed by atoms with E-state index in [4.69, 9.17) is 11.6 Å². The summed E-state index contributed by atoms with van der Waals surface area (Å²) in [4.78, 5) is 20.4. The van der Waals surface area contributed by atoms with Gasteiger partial charge in [0.15, 0.2) is 0 Å². The maximum absolute atomic E-state index is 14.0. The van der Waals surface area contributed by atoms with Gasteiger partial charge in [-0.25, -0.2) is 14.4 Å². The second kappa shape index (κ2) is 7.43. The summed E-state index contributed by atoms with van der Waals surface area (Å²) in [7, 11) is 0. The maximum Gasteiger partial charge on any atom is 0.258 e. The fourth-order valence-corrected chi connectivity index (χ4v) is 2.64. The quantitative estimate of drug-likeness (QED) is 0.540. The highest BCUT2D eigenvalue weighted by Crippen LogP contribution is 2.15. The summed E-state index contributed by atoms with van der Waals surface area (Å²) in [5.41, 5.74) is 1.48. The number of rotatable bonds is 2. The molecule has 3 rings (SSSR count). The molecule has 3 aromatic rings. The number of halogens is 2. The van der Waals surface area contributed by atoms with Crippen LogP contribution in [0.4, 0.5) is 10.1 Å². The topological polar surface area (TPSA) is 54.9 Å². The number of hydrogen-bond donors (Lipinski definition) is 1. The molecule has 0 aliphatic carbocycles. The Kier molecular flexibility index (Phi) is 5.08. The summed E-state index contributed by atoms with van der Waals surface area (Å²) < 4.78 is 14.0. The summed E-state index contributed by atoms with van der Waals surface area (Å²) in [6.07, 6.45) is 1.40. The van der Waals surface area contributed by atoms with Crippen LogP contribution in [-0.2, 0) is 0 Å². The minimum absolute atomic E-state index is 0.101. The van der Waals surface area contributed by atoms with E-state index in [-0.39, 0.29) is 5.56 Å². The highest BCUT2D eigenvalue weighted by atomic mass is 35.5. The van der Waals surface area contributed by atoms with Crippen LogP contribution < -0.4 is 5.32 Å². The van der Waals surface area contributed by atoms with Crippen LogP contribution in [0.25, 0.3) is 0 Å². The summed E-state index contributed by atoms with van der Waals surface area (Å²) >= 11 is 7.19. The highest BCUT2D eigenvalue weighted by molar-refractivity contribution is 7.09. The average Bonchev–Trinajstić information content (AvgIpc) is 3.01. The van der Waals surface area contributed by atoms with Crippen molar-refractivity contribution in [3.05, 3.63) is 74.7 Å². The third kappa shape index (κ3) is 4.41. The number of aryl methyl sites for hydroxylation is 1. The van der Waals surface area contributed by atoms with Crippen LogP contribution in [0.5, 0.6) is 0 Å². The van der Waals surface area contributed by atoms with Gasteiger partial charge in [-0.2, -0.15) is 0 Å². The number of carbonyl (C=O) groups excluding carboxylic acids is 1. The average molecular weight is 372 g/mol. The number of carbonyl (C=O) groups is 1. The number of thiazole rings is 1. The number of amides is 1. The van der Waals surface area contributed by atoms with Crippen molar-refractivity contribution in [3.63, 3.8) is 0 Å². The molecule has 2 heterocycles. The number of nitrogens with one attached hydrogen (secondary N) is 1. The first-order valence-corrected chi connectivity index (χ1v) is 8.43. The Hall–Kier alpha value is -2.75. The summed E-state index contributed by atoms with van der Waals surface area (Å²) in [5, 5.41) is 5.63. The predicted molar refractivity (Wildman–Crippen MR) is 96.4 cm³/mol. The van der Waals surface area contributed by atoms with E-state index in [1.807, 2.05) is 12.3 Å². The van der Waals surface area contributed by atoms with Crippen LogP contribution in [0, 0.1) is 24.6 Å². The number of benzene rings is 1. The third-order valence-corrected chi connectivity index (χ3v) is 4.15. The first-order chi connectivity index (χ1) is 12.0. The van der Waals surface area contributed by atoms with E-state index in [0.29, 0.717) is 22.1 Å². The van der Waals surface area contributed by atoms with E-state index >= 15 is 0 Å². The van der Waals surface area contributed by atoms with Gasteiger partial charge in [-0.3, -0.25) is 4.79 Å². The molecule has 7 heteroatoms. The smallest absolute Gasteiger partial charge is 0.258 e. The van der Waals surface area contributed by atoms with Crippen LogP contribution in [-0.4, -0.2) is 15.9 Å². The van der Waals surface area contributed by atoms with Gasteiger partial charge >= 0.3 is 0 Å². The predicted octanol–water partition coefficient (Wildman–Crippen LogP) is 4.29. The van der Waals surface area contributed by atoms with Gasteiger partial charge in [0, 0.05) is 10.9 Å². The lowest BCUT2D eigenvalue weighted by atomic mass is 10.1. The van der Waals surface area contributed by atoms with Crippen molar-refractivity contribution in [2.24, 2.45) is 0 Å². The van der Waals surface area contributed by atoms with Crippen LogP contribution in [0.15, 0.2) is 41.9 Å². The largest absolute Gasteiger partial charge is 0.320 e. The Labute approximate surface area is 152 Å². The fourth-order valence-electron chi connectivity index (χ4n) is 1.98. The Morgan fingerprint density at radius 3 is 2.80 bits per heavy atom. The summed E-state index contributed by atoms with van der Waals surface area (Å²) in [6.45, 7) is 1.89. The van der Waals surface area contributed by atoms with Crippen molar-refractivity contribution >= 4 is 34.5 Å². The molecule has 0 bridgehead atoms. The molecule has 0 fully saturated rings. The molecule has 0 atom stereocenters. The molecular weight excluding hydrogens is 361 g/mol. The number of anilines is 1. The van der Waals surface area contributed by atoms with Gasteiger partial charge in [0.1, 0.15) is 16.7 Å². The highest BCUT2D eigenvalue weighted by Gasteiger charge is 2.12. The zero-order valence-electron chi connectivity index (χ0n) is 13.0. The molecule has 0 saturated heterocycles. The standard InChI is InChI=1S/C18H11ClFN3OS/c1-11-22-14(10-25-11)4-2-12-3-6-16(20)15(8-12)18(24)23-13-5-7-17(19)21-9-13/h3,5-10H,1H3,(H,23,24). The van der Waals surface area contributed by atoms with Crippen molar-refractivity contribution in [2.45, 2.75) is 6.92 Å². The molecular formula is C18H11ClFN3OS. The second-order valence-corrected chi connectivity index (χ2v) is 6.47. The lowest BCUT2D eigenvalue weighted by Crippen LogP contribution is -2.14. The van der Waals surface area contributed by atoms with Gasteiger partial charge in [0.25, 0.3) is 5.91 Å². The molecule has 0 aliphatic heterocycles. The third-order valence-electron chi connectivity index (χ3n) is 3.15. The fraction of sp³-hybridized carbons (Fsp3) is 0.0556. The monoisotopic (exact) mass is 371 g/mol. The molecule has 25 heavy (non-hydrogen) atoms. The Morgan fingerprint density at radius 1 is 1.28 bits per heavy atom. The first-order valence-electron chi connectivity index (χ1n) is 7.18. The molecule has 124 valence electrons. The molecule has 0 aliphatic rings.